The number of amides is 1. The van der Waals surface area contributed by atoms with Crippen LogP contribution in [0.15, 0.2) is 0 Å². The normalized spacial score (nSPS) is 10.8. The number of hydrogen-bond acceptors (Lipinski definition) is 5. The molecular weight excluding hydrogens is 222 g/mol. The molecule has 0 rings (SSSR count). The Bertz CT molecular complexity index is 189. The first-order chi connectivity index (χ1) is 8.16. The first-order valence-electron chi connectivity index (χ1n) is 5.93. The molecule has 1 amide bonds. The van der Waals surface area contributed by atoms with Gasteiger partial charge in [0.1, 0.15) is 0 Å². The second-order valence-electron chi connectivity index (χ2n) is 3.92. The number of carbonyl (C=O) groups is 1. The van der Waals surface area contributed by atoms with Gasteiger partial charge in [-0.05, 0) is 14.1 Å². The third kappa shape index (κ3) is 13.2. The Labute approximate surface area is 103 Å². The van der Waals surface area contributed by atoms with Crippen molar-refractivity contribution < 1.29 is 14.3 Å². The lowest BCUT2D eigenvalue weighted by atomic mass is 10.4. The maximum Gasteiger partial charge on any atom is 0.222 e. The minimum atomic E-state index is 0.0229. The lowest BCUT2D eigenvalue weighted by Crippen LogP contribution is -2.31. The number of hydrogen-bond donors (Lipinski definition) is 2. The average Bonchev–Trinajstić information content (AvgIpc) is 2.27. The van der Waals surface area contributed by atoms with Crippen molar-refractivity contribution in [2.24, 2.45) is 5.73 Å². The van der Waals surface area contributed by atoms with Gasteiger partial charge in [-0.2, -0.15) is 0 Å². The molecule has 0 aromatic heterocycles. The van der Waals surface area contributed by atoms with Gasteiger partial charge >= 0.3 is 0 Å². The van der Waals surface area contributed by atoms with E-state index in [0.717, 1.165) is 6.54 Å². The van der Waals surface area contributed by atoms with Crippen molar-refractivity contribution >= 4 is 5.91 Å². The van der Waals surface area contributed by atoms with Crippen LogP contribution in [0, 0.1) is 0 Å². The topological polar surface area (TPSA) is 76.8 Å². The predicted molar refractivity (Wildman–Crippen MR) is 66.9 cm³/mol. The standard InChI is InChI=1S/C11H25N3O3/c1-14(2)6-5-13-11(15)3-7-16-9-10-17-8-4-12/h3-10,12H2,1-2H3,(H,13,15). The quantitative estimate of drug-likeness (QED) is 0.460. The smallest absolute Gasteiger partial charge is 0.222 e. The van der Waals surface area contributed by atoms with Crippen LogP contribution in [0.1, 0.15) is 6.42 Å². The van der Waals surface area contributed by atoms with Crippen molar-refractivity contribution in [3.8, 4) is 0 Å². The van der Waals surface area contributed by atoms with E-state index in [0.29, 0.717) is 45.9 Å². The monoisotopic (exact) mass is 247 g/mol. The number of likely N-dealkylation sites (N-methyl/N-ethyl adjacent to an activating group) is 1. The molecule has 0 saturated carbocycles. The van der Waals surface area contributed by atoms with Crippen molar-refractivity contribution in [2.45, 2.75) is 6.42 Å². The van der Waals surface area contributed by atoms with Crippen molar-refractivity contribution in [3.63, 3.8) is 0 Å². The summed E-state index contributed by atoms with van der Waals surface area (Å²) in [7, 11) is 3.94. The van der Waals surface area contributed by atoms with Crippen LogP contribution in [-0.2, 0) is 14.3 Å². The minimum absolute atomic E-state index is 0.0229. The summed E-state index contributed by atoms with van der Waals surface area (Å²) in [4.78, 5) is 13.3. The molecule has 0 aliphatic carbocycles. The molecular formula is C11H25N3O3. The molecule has 6 heteroatoms. The SMILES string of the molecule is CN(C)CCNC(=O)CCOCCOCCN. The van der Waals surface area contributed by atoms with E-state index in [1.807, 2.05) is 19.0 Å². The number of rotatable bonds is 11. The van der Waals surface area contributed by atoms with E-state index in [9.17, 15) is 4.79 Å². The molecule has 0 aliphatic heterocycles. The molecule has 0 bridgehead atoms. The predicted octanol–water partition coefficient (Wildman–Crippen LogP) is -0.954. The summed E-state index contributed by atoms with van der Waals surface area (Å²) in [6, 6.07) is 0. The summed E-state index contributed by atoms with van der Waals surface area (Å²) >= 11 is 0. The van der Waals surface area contributed by atoms with Crippen molar-refractivity contribution in [2.75, 3.05) is 60.2 Å². The first kappa shape index (κ1) is 16.3. The highest BCUT2D eigenvalue weighted by Gasteiger charge is 2.00. The molecule has 0 spiro atoms. The van der Waals surface area contributed by atoms with Gasteiger partial charge < -0.3 is 25.4 Å². The number of carbonyl (C=O) groups excluding carboxylic acids is 1. The fraction of sp³-hybridized carbons (Fsp3) is 0.909. The lowest BCUT2D eigenvalue weighted by molar-refractivity contribution is -0.122. The molecule has 0 aromatic rings. The van der Waals surface area contributed by atoms with Crippen LogP contribution in [-0.4, -0.2) is 71.0 Å². The molecule has 17 heavy (non-hydrogen) atoms. The lowest BCUT2D eigenvalue weighted by Gasteiger charge is -2.10. The molecule has 0 saturated heterocycles. The first-order valence-corrected chi connectivity index (χ1v) is 5.93. The summed E-state index contributed by atoms with van der Waals surface area (Å²) in [6.45, 7) is 4.05. The van der Waals surface area contributed by atoms with Crippen LogP contribution >= 0.6 is 0 Å². The highest BCUT2D eigenvalue weighted by molar-refractivity contribution is 5.75. The molecule has 0 unspecified atom stereocenters. The van der Waals surface area contributed by atoms with Gasteiger partial charge in [0.25, 0.3) is 0 Å². The van der Waals surface area contributed by atoms with Gasteiger partial charge in [-0.3, -0.25) is 4.79 Å². The largest absolute Gasteiger partial charge is 0.379 e. The zero-order chi connectivity index (χ0) is 12.9. The maximum atomic E-state index is 11.3. The molecule has 102 valence electrons. The van der Waals surface area contributed by atoms with Crippen molar-refractivity contribution in [1.82, 2.24) is 10.2 Å². The maximum absolute atomic E-state index is 11.3. The van der Waals surface area contributed by atoms with Gasteiger partial charge in [-0.25, -0.2) is 0 Å². The van der Waals surface area contributed by atoms with E-state index >= 15 is 0 Å². The Morgan fingerprint density at radius 3 is 2.41 bits per heavy atom. The summed E-state index contributed by atoms with van der Waals surface area (Å²) in [5.74, 6) is 0.0229. The van der Waals surface area contributed by atoms with E-state index in [4.69, 9.17) is 15.2 Å². The number of ether oxygens (including phenoxy) is 2. The Morgan fingerprint density at radius 2 is 1.82 bits per heavy atom. The van der Waals surface area contributed by atoms with Crippen molar-refractivity contribution in [1.29, 1.82) is 0 Å². The summed E-state index contributed by atoms with van der Waals surface area (Å²) in [5.41, 5.74) is 5.25. The van der Waals surface area contributed by atoms with E-state index in [1.165, 1.54) is 0 Å². The van der Waals surface area contributed by atoms with E-state index in [2.05, 4.69) is 5.32 Å². The molecule has 0 heterocycles. The minimum Gasteiger partial charge on any atom is -0.379 e. The Balaban J connectivity index is 3.16. The van der Waals surface area contributed by atoms with Gasteiger partial charge in [0.2, 0.25) is 5.91 Å². The zero-order valence-corrected chi connectivity index (χ0v) is 10.9. The second kappa shape index (κ2) is 11.8. The van der Waals surface area contributed by atoms with Crippen molar-refractivity contribution in [3.05, 3.63) is 0 Å². The second-order valence-corrected chi connectivity index (χ2v) is 3.92. The highest BCUT2D eigenvalue weighted by atomic mass is 16.5. The van der Waals surface area contributed by atoms with E-state index in [-0.39, 0.29) is 5.91 Å². The van der Waals surface area contributed by atoms with Crippen LogP contribution in [0.5, 0.6) is 0 Å². The average molecular weight is 247 g/mol. The summed E-state index contributed by atoms with van der Waals surface area (Å²) in [6.07, 6.45) is 0.393. The zero-order valence-electron chi connectivity index (χ0n) is 10.9. The van der Waals surface area contributed by atoms with Crippen LogP contribution < -0.4 is 11.1 Å². The van der Waals surface area contributed by atoms with Gasteiger partial charge in [0, 0.05) is 26.1 Å². The Morgan fingerprint density at radius 1 is 1.18 bits per heavy atom. The molecule has 0 aromatic carbocycles. The number of nitrogens with two attached hydrogens (primary N) is 1. The third-order valence-electron chi connectivity index (χ3n) is 1.99. The summed E-state index contributed by atoms with van der Waals surface area (Å²) in [5, 5.41) is 2.82. The summed E-state index contributed by atoms with van der Waals surface area (Å²) < 4.78 is 10.4. The van der Waals surface area contributed by atoms with E-state index < -0.39 is 0 Å². The van der Waals surface area contributed by atoms with Gasteiger partial charge in [-0.1, -0.05) is 0 Å². The Kier molecular flexibility index (Phi) is 11.3. The third-order valence-corrected chi connectivity index (χ3v) is 1.99. The van der Waals surface area contributed by atoms with Crippen LogP contribution in [0.3, 0.4) is 0 Å². The van der Waals surface area contributed by atoms with Gasteiger partial charge in [-0.15, -0.1) is 0 Å². The molecule has 0 atom stereocenters. The van der Waals surface area contributed by atoms with Crippen LogP contribution in [0.2, 0.25) is 0 Å². The fourth-order valence-electron chi connectivity index (χ4n) is 1.08. The Hall–Kier alpha value is -0.690. The molecule has 3 N–H and O–H groups in total. The molecule has 0 fully saturated rings. The number of nitrogens with zero attached hydrogens (tertiary/aromatic N) is 1. The van der Waals surface area contributed by atoms with Crippen LogP contribution in [0.4, 0.5) is 0 Å². The van der Waals surface area contributed by atoms with Gasteiger partial charge in [0.05, 0.1) is 26.4 Å². The van der Waals surface area contributed by atoms with Gasteiger partial charge in [0.15, 0.2) is 0 Å². The van der Waals surface area contributed by atoms with E-state index in [1.54, 1.807) is 0 Å². The highest BCUT2D eigenvalue weighted by Crippen LogP contribution is 1.84. The molecule has 0 aliphatic rings. The van der Waals surface area contributed by atoms with Crippen LogP contribution in [0.25, 0.3) is 0 Å². The fourth-order valence-corrected chi connectivity index (χ4v) is 1.08. The molecule has 6 nitrogen and oxygen atoms in total. The molecule has 0 radical (unpaired) electrons. The number of nitrogens with one attached hydrogen (secondary N) is 1.